The Bertz CT molecular complexity index is 851. The first kappa shape index (κ1) is 16.4. The SMILES string of the molecule is Clc1cccc(OCC2CN(Cc3c[nH]c4ncccc34)CCO2)c1. The molecule has 1 N–H and O–H groups in total. The molecular weight excluding hydrogens is 338 g/mol. The number of aromatic amines is 1. The number of nitrogens with one attached hydrogen (secondary N) is 1. The maximum absolute atomic E-state index is 5.99. The van der Waals surface area contributed by atoms with Gasteiger partial charge in [-0.2, -0.15) is 0 Å². The van der Waals surface area contributed by atoms with Gasteiger partial charge in [-0.3, -0.25) is 4.90 Å². The molecule has 25 heavy (non-hydrogen) atoms. The minimum Gasteiger partial charge on any atom is -0.491 e. The zero-order valence-corrected chi connectivity index (χ0v) is 14.6. The summed E-state index contributed by atoms with van der Waals surface area (Å²) in [5.74, 6) is 0.774. The summed E-state index contributed by atoms with van der Waals surface area (Å²) in [4.78, 5) is 9.98. The van der Waals surface area contributed by atoms with Crippen LogP contribution in [0.1, 0.15) is 5.56 Å². The highest BCUT2D eigenvalue weighted by atomic mass is 35.5. The minimum atomic E-state index is 0.0519. The number of fused-ring (bicyclic) bond motifs is 1. The smallest absolute Gasteiger partial charge is 0.137 e. The molecule has 130 valence electrons. The maximum Gasteiger partial charge on any atom is 0.137 e. The van der Waals surface area contributed by atoms with E-state index in [9.17, 15) is 0 Å². The van der Waals surface area contributed by atoms with Gasteiger partial charge >= 0.3 is 0 Å². The van der Waals surface area contributed by atoms with Crippen molar-refractivity contribution in [3.63, 3.8) is 0 Å². The summed E-state index contributed by atoms with van der Waals surface area (Å²) in [5, 5.41) is 1.86. The van der Waals surface area contributed by atoms with Gasteiger partial charge in [-0.1, -0.05) is 17.7 Å². The predicted molar refractivity (Wildman–Crippen MR) is 98.1 cm³/mol. The van der Waals surface area contributed by atoms with Gasteiger partial charge in [-0.15, -0.1) is 0 Å². The lowest BCUT2D eigenvalue weighted by atomic mass is 10.2. The van der Waals surface area contributed by atoms with Crippen molar-refractivity contribution in [2.45, 2.75) is 12.6 Å². The quantitative estimate of drug-likeness (QED) is 0.759. The van der Waals surface area contributed by atoms with Gasteiger partial charge in [-0.05, 0) is 35.9 Å². The van der Waals surface area contributed by atoms with E-state index in [4.69, 9.17) is 21.1 Å². The molecule has 1 unspecified atom stereocenters. The van der Waals surface area contributed by atoms with Crippen LogP contribution in [0.4, 0.5) is 0 Å². The molecule has 0 radical (unpaired) electrons. The second-order valence-electron chi connectivity index (χ2n) is 6.21. The molecule has 3 heterocycles. The number of benzene rings is 1. The molecule has 1 aromatic carbocycles. The molecule has 1 aliphatic heterocycles. The number of halogens is 1. The molecule has 0 bridgehead atoms. The lowest BCUT2D eigenvalue weighted by Crippen LogP contribution is -2.44. The van der Waals surface area contributed by atoms with Crippen molar-refractivity contribution < 1.29 is 9.47 Å². The zero-order chi connectivity index (χ0) is 17.1. The standard InChI is InChI=1S/C19H20ClN3O2/c20-15-3-1-4-16(9-15)25-13-17-12-23(7-8-24-17)11-14-10-22-19-18(14)5-2-6-21-19/h1-6,9-10,17H,7-8,11-13H2,(H,21,22). The minimum absolute atomic E-state index is 0.0519. The van der Waals surface area contributed by atoms with Crippen LogP contribution in [-0.4, -0.2) is 47.3 Å². The van der Waals surface area contributed by atoms with Gasteiger partial charge in [-0.25, -0.2) is 4.98 Å². The first-order valence-electron chi connectivity index (χ1n) is 8.41. The van der Waals surface area contributed by atoms with Crippen molar-refractivity contribution in [3.05, 3.63) is 59.4 Å². The van der Waals surface area contributed by atoms with Crippen molar-refractivity contribution in [1.82, 2.24) is 14.9 Å². The normalized spacial score (nSPS) is 18.5. The molecule has 0 amide bonds. The van der Waals surface area contributed by atoms with Gasteiger partial charge in [0.1, 0.15) is 24.1 Å². The first-order valence-corrected chi connectivity index (χ1v) is 8.79. The number of rotatable bonds is 5. The molecule has 1 fully saturated rings. The van der Waals surface area contributed by atoms with Gasteiger partial charge in [0.2, 0.25) is 0 Å². The average Bonchev–Trinajstić information content (AvgIpc) is 3.04. The van der Waals surface area contributed by atoms with Crippen molar-refractivity contribution in [2.24, 2.45) is 0 Å². The van der Waals surface area contributed by atoms with Crippen LogP contribution in [0, 0.1) is 0 Å². The van der Waals surface area contributed by atoms with Gasteiger partial charge in [0.05, 0.1) is 6.61 Å². The molecule has 4 rings (SSSR count). The van der Waals surface area contributed by atoms with E-state index in [2.05, 4.69) is 20.9 Å². The lowest BCUT2D eigenvalue weighted by molar-refractivity contribution is -0.0503. The summed E-state index contributed by atoms with van der Waals surface area (Å²) >= 11 is 5.99. The van der Waals surface area contributed by atoms with Crippen molar-refractivity contribution in [1.29, 1.82) is 0 Å². The van der Waals surface area contributed by atoms with Crippen LogP contribution in [-0.2, 0) is 11.3 Å². The topological polar surface area (TPSA) is 50.4 Å². The fourth-order valence-corrected chi connectivity index (χ4v) is 3.34. The highest BCUT2D eigenvalue weighted by Gasteiger charge is 2.22. The van der Waals surface area contributed by atoms with Crippen LogP contribution >= 0.6 is 11.6 Å². The Morgan fingerprint density at radius 2 is 2.28 bits per heavy atom. The molecule has 5 nitrogen and oxygen atoms in total. The molecule has 0 spiro atoms. The Hall–Kier alpha value is -2.08. The Labute approximate surface area is 151 Å². The summed E-state index contributed by atoms with van der Waals surface area (Å²) in [6.07, 6.45) is 3.90. The van der Waals surface area contributed by atoms with Gasteiger partial charge in [0, 0.05) is 42.4 Å². The Kier molecular flexibility index (Phi) is 4.88. The summed E-state index contributed by atoms with van der Waals surface area (Å²) in [6, 6.07) is 11.5. The Morgan fingerprint density at radius 3 is 3.20 bits per heavy atom. The molecule has 6 heteroatoms. The highest BCUT2D eigenvalue weighted by Crippen LogP contribution is 2.20. The Balaban J connectivity index is 1.36. The van der Waals surface area contributed by atoms with Gasteiger partial charge in [0.25, 0.3) is 0 Å². The van der Waals surface area contributed by atoms with Gasteiger partial charge in [0.15, 0.2) is 0 Å². The largest absolute Gasteiger partial charge is 0.491 e. The molecule has 2 aromatic heterocycles. The summed E-state index contributed by atoms with van der Waals surface area (Å²) in [6.45, 7) is 3.87. The molecule has 1 atom stereocenters. The van der Waals surface area contributed by atoms with E-state index in [1.54, 1.807) is 6.20 Å². The molecule has 1 saturated heterocycles. The monoisotopic (exact) mass is 357 g/mol. The second-order valence-corrected chi connectivity index (χ2v) is 6.65. The van der Waals surface area contributed by atoms with Crippen molar-refractivity contribution in [2.75, 3.05) is 26.3 Å². The number of ether oxygens (including phenoxy) is 2. The number of H-pyrrole nitrogens is 1. The molecular formula is C19H20ClN3O2. The third-order valence-corrected chi connectivity index (χ3v) is 4.62. The Morgan fingerprint density at radius 1 is 1.32 bits per heavy atom. The van der Waals surface area contributed by atoms with Crippen LogP contribution in [0.15, 0.2) is 48.8 Å². The molecule has 0 saturated carbocycles. The maximum atomic E-state index is 5.99. The van der Waals surface area contributed by atoms with Crippen molar-refractivity contribution >= 4 is 22.6 Å². The van der Waals surface area contributed by atoms with Crippen LogP contribution < -0.4 is 4.74 Å². The van der Waals surface area contributed by atoms with E-state index < -0.39 is 0 Å². The molecule has 1 aliphatic rings. The second kappa shape index (κ2) is 7.44. The third kappa shape index (κ3) is 3.95. The number of morpholine rings is 1. The lowest BCUT2D eigenvalue weighted by Gasteiger charge is -2.32. The van der Waals surface area contributed by atoms with Gasteiger partial charge < -0.3 is 14.5 Å². The molecule has 3 aromatic rings. The van der Waals surface area contributed by atoms with E-state index in [0.717, 1.165) is 31.0 Å². The van der Waals surface area contributed by atoms with E-state index in [1.807, 2.05) is 36.5 Å². The van der Waals surface area contributed by atoms with E-state index in [1.165, 1.54) is 10.9 Å². The zero-order valence-electron chi connectivity index (χ0n) is 13.8. The van der Waals surface area contributed by atoms with E-state index in [-0.39, 0.29) is 6.10 Å². The number of hydrogen-bond acceptors (Lipinski definition) is 4. The highest BCUT2D eigenvalue weighted by molar-refractivity contribution is 6.30. The number of pyridine rings is 1. The number of nitrogens with zero attached hydrogens (tertiary/aromatic N) is 2. The predicted octanol–water partition coefficient (Wildman–Crippen LogP) is 3.50. The number of aromatic nitrogens is 2. The first-order chi connectivity index (χ1) is 12.3. The van der Waals surface area contributed by atoms with Crippen LogP contribution in [0.5, 0.6) is 5.75 Å². The fourth-order valence-electron chi connectivity index (χ4n) is 3.16. The fraction of sp³-hybridized carbons (Fsp3) is 0.316. The summed E-state index contributed by atoms with van der Waals surface area (Å²) in [5.41, 5.74) is 2.20. The van der Waals surface area contributed by atoms with E-state index >= 15 is 0 Å². The summed E-state index contributed by atoms with van der Waals surface area (Å²) in [7, 11) is 0. The van der Waals surface area contributed by atoms with Crippen LogP contribution in [0.25, 0.3) is 11.0 Å². The van der Waals surface area contributed by atoms with Crippen LogP contribution in [0.2, 0.25) is 5.02 Å². The van der Waals surface area contributed by atoms with Crippen LogP contribution in [0.3, 0.4) is 0 Å². The average molecular weight is 358 g/mol. The third-order valence-electron chi connectivity index (χ3n) is 4.39. The number of hydrogen-bond donors (Lipinski definition) is 1. The molecule has 0 aliphatic carbocycles. The van der Waals surface area contributed by atoms with Crippen molar-refractivity contribution in [3.8, 4) is 5.75 Å². The van der Waals surface area contributed by atoms with E-state index in [0.29, 0.717) is 18.2 Å². The summed E-state index contributed by atoms with van der Waals surface area (Å²) < 4.78 is 11.7.